The first-order valence-electron chi connectivity index (χ1n) is 5.24. The number of hydrogen-bond acceptors (Lipinski definition) is 0. The van der Waals surface area contributed by atoms with Crippen LogP contribution in [0.1, 0.15) is 59.8 Å². The van der Waals surface area contributed by atoms with Gasteiger partial charge in [-0.1, -0.05) is 65.1 Å². The maximum Gasteiger partial charge on any atom is 0.0738 e. The van der Waals surface area contributed by atoms with Gasteiger partial charge in [0.2, 0.25) is 0 Å². The SMILES string of the molecule is [B]C(C)(C)CCCC(C)CCC. The fraction of sp³-hybridized carbons (Fsp3) is 1.00. The molecule has 0 aromatic heterocycles. The van der Waals surface area contributed by atoms with E-state index in [1.54, 1.807) is 0 Å². The zero-order chi connectivity index (χ0) is 9.61. The Labute approximate surface area is 79.5 Å². The lowest BCUT2D eigenvalue weighted by atomic mass is 9.69. The van der Waals surface area contributed by atoms with Crippen LogP contribution in [-0.4, -0.2) is 7.85 Å². The number of rotatable bonds is 6. The van der Waals surface area contributed by atoms with Gasteiger partial charge in [0, 0.05) is 0 Å². The van der Waals surface area contributed by atoms with Crippen molar-refractivity contribution in [3.63, 3.8) is 0 Å². The highest BCUT2D eigenvalue weighted by atomic mass is 14.1. The summed E-state index contributed by atoms with van der Waals surface area (Å²) < 4.78 is 0. The Bertz CT molecular complexity index is 102. The van der Waals surface area contributed by atoms with Crippen molar-refractivity contribution < 1.29 is 0 Å². The summed E-state index contributed by atoms with van der Waals surface area (Å²) in [4.78, 5) is 0. The quantitative estimate of drug-likeness (QED) is 0.524. The fourth-order valence-corrected chi connectivity index (χ4v) is 1.54. The Morgan fingerprint density at radius 2 is 1.83 bits per heavy atom. The molecule has 12 heavy (non-hydrogen) atoms. The molecule has 1 atom stereocenters. The van der Waals surface area contributed by atoms with Crippen LogP contribution in [0.2, 0.25) is 5.31 Å². The minimum atomic E-state index is 0.0337. The second kappa shape index (κ2) is 5.67. The molecule has 70 valence electrons. The van der Waals surface area contributed by atoms with Gasteiger partial charge in [-0.3, -0.25) is 0 Å². The highest BCUT2D eigenvalue weighted by molar-refractivity contribution is 6.14. The van der Waals surface area contributed by atoms with Crippen molar-refractivity contribution in [1.29, 1.82) is 0 Å². The Morgan fingerprint density at radius 1 is 1.25 bits per heavy atom. The smallest absolute Gasteiger partial charge is 0.0716 e. The highest BCUT2D eigenvalue weighted by Gasteiger charge is 2.09. The van der Waals surface area contributed by atoms with Crippen LogP contribution in [0, 0.1) is 5.92 Å². The number of hydrogen-bond donors (Lipinski definition) is 0. The largest absolute Gasteiger partial charge is 0.0738 e. The molecular formula is C11H23B. The van der Waals surface area contributed by atoms with E-state index in [0.717, 1.165) is 12.3 Å². The van der Waals surface area contributed by atoms with Crippen LogP contribution >= 0.6 is 0 Å². The van der Waals surface area contributed by atoms with Gasteiger partial charge in [0.15, 0.2) is 0 Å². The highest BCUT2D eigenvalue weighted by Crippen LogP contribution is 2.27. The first kappa shape index (κ1) is 12.1. The first-order chi connectivity index (χ1) is 5.45. The summed E-state index contributed by atoms with van der Waals surface area (Å²) in [6.45, 7) is 8.81. The molecule has 0 aliphatic heterocycles. The maximum atomic E-state index is 5.90. The van der Waals surface area contributed by atoms with Gasteiger partial charge in [0.25, 0.3) is 0 Å². The Balaban J connectivity index is 3.31. The third-order valence-corrected chi connectivity index (χ3v) is 2.30. The lowest BCUT2D eigenvalue weighted by Gasteiger charge is -2.19. The molecular weight excluding hydrogens is 143 g/mol. The summed E-state index contributed by atoms with van der Waals surface area (Å²) in [7, 11) is 5.90. The summed E-state index contributed by atoms with van der Waals surface area (Å²) >= 11 is 0. The zero-order valence-corrected chi connectivity index (χ0v) is 9.19. The van der Waals surface area contributed by atoms with Crippen molar-refractivity contribution in [2.45, 2.75) is 65.1 Å². The first-order valence-corrected chi connectivity index (χ1v) is 5.24. The Morgan fingerprint density at radius 3 is 2.25 bits per heavy atom. The van der Waals surface area contributed by atoms with E-state index >= 15 is 0 Å². The lowest BCUT2D eigenvalue weighted by Crippen LogP contribution is -2.03. The van der Waals surface area contributed by atoms with Gasteiger partial charge in [-0.15, -0.1) is 0 Å². The van der Waals surface area contributed by atoms with Crippen molar-refractivity contribution in [3.05, 3.63) is 0 Å². The summed E-state index contributed by atoms with van der Waals surface area (Å²) in [6, 6.07) is 0. The molecule has 0 aromatic rings. The van der Waals surface area contributed by atoms with E-state index in [1.807, 2.05) is 0 Å². The van der Waals surface area contributed by atoms with Gasteiger partial charge in [0.1, 0.15) is 0 Å². The van der Waals surface area contributed by atoms with Gasteiger partial charge in [-0.2, -0.15) is 0 Å². The van der Waals surface area contributed by atoms with Crippen molar-refractivity contribution in [1.82, 2.24) is 0 Å². The van der Waals surface area contributed by atoms with Gasteiger partial charge >= 0.3 is 0 Å². The van der Waals surface area contributed by atoms with Crippen LogP contribution in [0.4, 0.5) is 0 Å². The van der Waals surface area contributed by atoms with Gasteiger partial charge in [0.05, 0.1) is 7.85 Å². The summed E-state index contributed by atoms with van der Waals surface area (Å²) in [5.41, 5.74) is 0. The average molecular weight is 166 g/mol. The minimum Gasteiger partial charge on any atom is -0.0716 e. The summed E-state index contributed by atoms with van der Waals surface area (Å²) in [5, 5.41) is 0.0337. The van der Waals surface area contributed by atoms with E-state index in [9.17, 15) is 0 Å². The van der Waals surface area contributed by atoms with E-state index in [4.69, 9.17) is 7.85 Å². The third-order valence-electron chi connectivity index (χ3n) is 2.30. The van der Waals surface area contributed by atoms with Crippen LogP contribution in [-0.2, 0) is 0 Å². The molecule has 0 aromatic carbocycles. The molecule has 2 radical (unpaired) electrons. The summed E-state index contributed by atoms with van der Waals surface area (Å²) in [5.74, 6) is 0.886. The molecule has 0 saturated carbocycles. The van der Waals surface area contributed by atoms with Crippen molar-refractivity contribution in [2.24, 2.45) is 5.92 Å². The second-order valence-corrected chi connectivity index (χ2v) is 4.77. The van der Waals surface area contributed by atoms with E-state index < -0.39 is 0 Å². The molecule has 0 saturated heterocycles. The van der Waals surface area contributed by atoms with Gasteiger partial charge in [-0.05, 0) is 5.92 Å². The van der Waals surface area contributed by atoms with E-state index in [0.29, 0.717) is 0 Å². The fourth-order valence-electron chi connectivity index (χ4n) is 1.54. The minimum absolute atomic E-state index is 0.0337. The van der Waals surface area contributed by atoms with Gasteiger partial charge < -0.3 is 0 Å². The van der Waals surface area contributed by atoms with E-state index in [-0.39, 0.29) is 5.31 Å². The van der Waals surface area contributed by atoms with Crippen molar-refractivity contribution >= 4 is 7.85 Å². The normalized spacial score (nSPS) is 14.7. The average Bonchev–Trinajstić information content (AvgIpc) is 1.84. The Hall–Kier alpha value is 0.0649. The molecule has 0 bridgehead atoms. The monoisotopic (exact) mass is 166 g/mol. The molecule has 0 amide bonds. The molecule has 0 nitrogen and oxygen atoms in total. The molecule has 0 fully saturated rings. The van der Waals surface area contributed by atoms with Crippen LogP contribution in [0.15, 0.2) is 0 Å². The second-order valence-electron chi connectivity index (χ2n) is 4.77. The maximum absolute atomic E-state index is 5.90. The third kappa shape index (κ3) is 8.16. The summed E-state index contributed by atoms with van der Waals surface area (Å²) in [6.07, 6.45) is 6.46. The van der Waals surface area contributed by atoms with Crippen LogP contribution in [0.25, 0.3) is 0 Å². The molecule has 1 heteroatoms. The zero-order valence-electron chi connectivity index (χ0n) is 9.19. The predicted octanol–water partition coefficient (Wildman–Crippen LogP) is 3.96. The van der Waals surface area contributed by atoms with Crippen molar-refractivity contribution in [2.75, 3.05) is 0 Å². The van der Waals surface area contributed by atoms with Crippen molar-refractivity contribution in [3.8, 4) is 0 Å². The topological polar surface area (TPSA) is 0 Å². The van der Waals surface area contributed by atoms with Crippen LogP contribution in [0.3, 0.4) is 0 Å². The predicted molar refractivity (Wildman–Crippen MR) is 57.7 cm³/mol. The Kier molecular flexibility index (Phi) is 5.70. The molecule has 0 rings (SSSR count). The van der Waals surface area contributed by atoms with Crippen LogP contribution in [0.5, 0.6) is 0 Å². The molecule has 0 aliphatic rings. The lowest BCUT2D eigenvalue weighted by molar-refractivity contribution is 0.439. The molecule has 1 unspecified atom stereocenters. The molecule has 0 N–H and O–H groups in total. The standard InChI is InChI=1S/C11H23B/c1-5-7-10(2)8-6-9-11(3,4)12/h10H,5-9H2,1-4H3. The van der Waals surface area contributed by atoms with Crippen LogP contribution < -0.4 is 0 Å². The molecule has 0 spiro atoms. The van der Waals surface area contributed by atoms with E-state index in [2.05, 4.69) is 27.7 Å². The molecule has 0 aliphatic carbocycles. The van der Waals surface area contributed by atoms with Gasteiger partial charge in [-0.25, -0.2) is 0 Å². The molecule has 0 heterocycles. The van der Waals surface area contributed by atoms with E-state index in [1.165, 1.54) is 25.7 Å².